The zero-order chi connectivity index (χ0) is 12.8. The maximum Gasteiger partial charge on any atom is 0.222 e. The van der Waals surface area contributed by atoms with E-state index in [0.717, 1.165) is 45.7 Å². The minimum absolute atomic E-state index is 0.293. The highest BCUT2D eigenvalue weighted by Gasteiger charge is 2.19. The molecule has 1 amide bonds. The minimum Gasteiger partial charge on any atom is -0.378 e. The van der Waals surface area contributed by atoms with E-state index in [1.165, 1.54) is 0 Å². The molecule has 5 nitrogen and oxygen atoms in total. The van der Waals surface area contributed by atoms with E-state index in [-0.39, 0.29) is 0 Å². The molecule has 1 N–H and O–H groups in total. The predicted molar refractivity (Wildman–Crippen MR) is 70.5 cm³/mol. The smallest absolute Gasteiger partial charge is 0.222 e. The largest absolute Gasteiger partial charge is 0.378 e. The lowest BCUT2D eigenvalue weighted by molar-refractivity contribution is -0.135. The molecule has 2 rings (SSSR count). The Bertz CT molecular complexity index is 267. The molecular weight excluding hydrogens is 230 g/mol. The Hall–Kier alpha value is -0.650. The molecule has 0 spiro atoms. The van der Waals surface area contributed by atoms with Gasteiger partial charge in [0.05, 0.1) is 13.2 Å². The molecule has 0 saturated carbocycles. The van der Waals surface area contributed by atoms with Crippen LogP contribution in [0.3, 0.4) is 0 Å². The van der Waals surface area contributed by atoms with Gasteiger partial charge in [0, 0.05) is 45.2 Å². The Morgan fingerprint density at radius 2 is 2.11 bits per heavy atom. The van der Waals surface area contributed by atoms with Crippen molar-refractivity contribution in [3.63, 3.8) is 0 Å². The Kier molecular flexibility index (Phi) is 5.41. The van der Waals surface area contributed by atoms with Crippen LogP contribution in [0.1, 0.15) is 19.8 Å². The number of hydrogen-bond donors (Lipinski definition) is 1. The first-order chi connectivity index (χ1) is 8.77. The molecule has 2 saturated heterocycles. The van der Waals surface area contributed by atoms with Crippen molar-refractivity contribution in [1.82, 2.24) is 15.1 Å². The van der Waals surface area contributed by atoms with Crippen molar-refractivity contribution in [3.8, 4) is 0 Å². The fourth-order valence-electron chi connectivity index (χ4n) is 2.62. The molecule has 0 aromatic rings. The van der Waals surface area contributed by atoms with Crippen molar-refractivity contribution in [2.24, 2.45) is 0 Å². The molecule has 104 valence electrons. The molecular formula is C13H25N3O2. The fourth-order valence-corrected chi connectivity index (χ4v) is 2.62. The van der Waals surface area contributed by atoms with Crippen LogP contribution >= 0.6 is 0 Å². The number of carbonyl (C=O) groups is 1. The summed E-state index contributed by atoms with van der Waals surface area (Å²) in [7, 11) is 0. The molecule has 18 heavy (non-hydrogen) atoms. The van der Waals surface area contributed by atoms with Gasteiger partial charge in [-0.2, -0.15) is 0 Å². The first-order valence-corrected chi connectivity index (χ1v) is 7.07. The highest BCUT2D eigenvalue weighted by Crippen LogP contribution is 2.07. The number of ether oxygens (including phenoxy) is 1. The predicted octanol–water partition coefficient (Wildman–Crippen LogP) is -0.0809. The van der Waals surface area contributed by atoms with Gasteiger partial charge in [0.15, 0.2) is 0 Å². The van der Waals surface area contributed by atoms with Crippen molar-refractivity contribution in [2.45, 2.75) is 25.8 Å². The number of amides is 1. The Balaban J connectivity index is 1.63. The second-order valence-corrected chi connectivity index (χ2v) is 5.19. The third kappa shape index (κ3) is 3.93. The van der Waals surface area contributed by atoms with Crippen molar-refractivity contribution in [2.75, 3.05) is 52.5 Å². The highest BCUT2D eigenvalue weighted by molar-refractivity contribution is 5.76. The Morgan fingerprint density at radius 3 is 2.83 bits per heavy atom. The van der Waals surface area contributed by atoms with Crippen LogP contribution in [0.15, 0.2) is 0 Å². The van der Waals surface area contributed by atoms with Gasteiger partial charge in [0.25, 0.3) is 0 Å². The van der Waals surface area contributed by atoms with Crippen molar-refractivity contribution in [3.05, 3.63) is 0 Å². The van der Waals surface area contributed by atoms with Crippen molar-refractivity contribution in [1.29, 1.82) is 0 Å². The first kappa shape index (κ1) is 13.8. The summed E-state index contributed by atoms with van der Waals surface area (Å²) in [5, 5.41) is 3.38. The quantitative estimate of drug-likeness (QED) is 0.763. The van der Waals surface area contributed by atoms with Crippen LogP contribution in [0.5, 0.6) is 0 Å². The third-order valence-corrected chi connectivity index (χ3v) is 3.84. The average molecular weight is 255 g/mol. The zero-order valence-corrected chi connectivity index (χ0v) is 11.4. The molecule has 1 atom stereocenters. The van der Waals surface area contributed by atoms with Crippen LogP contribution < -0.4 is 5.32 Å². The molecule has 2 aliphatic rings. The molecule has 2 fully saturated rings. The highest BCUT2D eigenvalue weighted by atomic mass is 16.5. The maximum absolute atomic E-state index is 12.0. The third-order valence-electron chi connectivity index (χ3n) is 3.84. The van der Waals surface area contributed by atoms with Crippen molar-refractivity contribution < 1.29 is 9.53 Å². The molecule has 0 bridgehead atoms. The van der Waals surface area contributed by atoms with Crippen LogP contribution in [-0.4, -0.2) is 74.2 Å². The van der Waals surface area contributed by atoms with E-state index < -0.39 is 0 Å². The van der Waals surface area contributed by atoms with Gasteiger partial charge < -0.3 is 15.0 Å². The Morgan fingerprint density at radius 1 is 1.33 bits per heavy atom. The van der Waals surface area contributed by atoms with E-state index in [1.54, 1.807) is 0 Å². The standard InChI is InChI=1S/C13H25N3O2/c1-12-11-14-4-6-15(12)5-2-3-13(17)16-7-9-18-10-8-16/h12,14H,2-11H2,1H3. The second kappa shape index (κ2) is 7.07. The van der Waals surface area contributed by atoms with E-state index in [4.69, 9.17) is 4.74 Å². The minimum atomic E-state index is 0.293. The number of morpholine rings is 1. The molecule has 0 radical (unpaired) electrons. The topological polar surface area (TPSA) is 44.8 Å². The van der Waals surface area contributed by atoms with Gasteiger partial charge in [-0.25, -0.2) is 0 Å². The SMILES string of the molecule is CC1CNCCN1CCCC(=O)N1CCOCC1. The second-order valence-electron chi connectivity index (χ2n) is 5.19. The summed E-state index contributed by atoms with van der Waals surface area (Å²) in [6, 6.07) is 0.595. The van der Waals surface area contributed by atoms with Crippen LogP contribution in [0.4, 0.5) is 0 Å². The number of hydrogen-bond acceptors (Lipinski definition) is 4. The number of nitrogens with one attached hydrogen (secondary N) is 1. The lowest BCUT2D eigenvalue weighted by Gasteiger charge is -2.34. The van der Waals surface area contributed by atoms with Crippen LogP contribution in [0.2, 0.25) is 0 Å². The van der Waals surface area contributed by atoms with E-state index in [9.17, 15) is 4.79 Å². The van der Waals surface area contributed by atoms with Gasteiger partial charge in [0.1, 0.15) is 0 Å². The lowest BCUT2D eigenvalue weighted by Crippen LogP contribution is -2.50. The molecule has 2 heterocycles. The van der Waals surface area contributed by atoms with Crippen LogP contribution in [0.25, 0.3) is 0 Å². The monoisotopic (exact) mass is 255 g/mol. The molecule has 5 heteroatoms. The average Bonchev–Trinajstić information content (AvgIpc) is 2.42. The summed E-state index contributed by atoms with van der Waals surface area (Å²) in [6.45, 7) is 9.45. The number of carbonyl (C=O) groups excluding carboxylic acids is 1. The molecule has 0 aliphatic carbocycles. The Labute approximate surface area is 109 Å². The summed E-state index contributed by atoms with van der Waals surface area (Å²) >= 11 is 0. The summed E-state index contributed by atoms with van der Waals surface area (Å²) < 4.78 is 5.25. The normalized spacial score (nSPS) is 26.3. The summed E-state index contributed by atoms with van der Waals surface area (Å²) in [4.78, 5) is 16.4. The number of nitrogens with zero attached hydrogens (tertiary/aromatic N) is 2. The van der Waals surface area contributed by atoms with E-state index >= 15 is 0 Å². The first-order valence-electron chi connectivity index (χ1n) is 7.07. The molecule has 1 unspecified atom stereocenters. The number of rotatable bonds is 4. The van der Waals surface area contributed by atoms with Gasteiger partial charge in [-0.1, -0.05) is 0 Å². The zero-order valence-electron chi connectivity index (χ0n) is 11.4. The van der Waals surface area contributed by atoms with E-state index in [1.807, 2.05) is 4.90 Å². The van der Waals surface area contributed by atoms with Crippen LogP contribution in [0, 0.1) is 0 Å². The summed E-state index contributed by atoms with van der Waals surface area (Å²) in [6.07, 6.45) is 1.65. The molecule has 2 aliphatic heterocycles. The van der Waals surface area contributed by atoms with Crippen LogP contribution in [-0.2, 0) is 9.53 Å². The van der Waals surface area contributed by atoms with Gasteiger partial charge in [-0.15, -0.1) is 0 Å². The molecule has 0 aromatic carbocycles. The molecule has 0 aromatic heterocycles. The van der Waals surface area contributed by atoms with Gasteiger partial charge in [0.2, 0.25) is 5.91 Å². The van der Waals surface area contributed by atoms with E-state index in [0.29, 0.717) is 31.6 Å². The van der Waals surface area contributed by atoms with Gasteiger partial charge in [-0.05, 0) is 19.9 Å². The fraction of sp³-hybridized carbons (Fsp3) is 0.923. The lowest BCUT2D eigenvalue weighted by atomic mass is 10.2. The summed E-state index contributed by atoms with van der Waals surface area (Å²) in [5.74, 6) is 0.293. The van der Waals surface area contributed by atoms with Gasteiger partial charge in [-0.3, -0.25) is 9.69 Å². The van der Waals surface area contributed by atoms with E-state index in [2.05, 4.69) is 17.1 Å². The summed E-state index contributed by atoms with van der Waals surface area (Å²) in [5.41, 5.74) is 0. The maximum atomic E-state index is 12.0. The van der Waals surface area contributed by atoms with Gasteiger partial charge >= 0.3 is 0 Å². The number of piperazine rings is 1. The van der Waals surface area contributed by atoms with Crippen molar-refractivity contribution >= 4 is 5.91 Å².